The third-order valence-electron chi connectivity index (χ3n) is 3.54. The summed E-state index contributed by atoms with van der Waals surface area (Å²) in [5, 5.41) is 5.86. The molecule has 2 aromatic carbocycles. The second-order valence-corrected chi connectivity index (χ2v) is 6.52. The van der Waals surface area contributed by atoms with Crippen molar-refractivity contribution in [2.45, 2.75) is 26.8 Å². The molecule has 0 saturated carbocycles. The van der Waals surface area contributed by atoms with E-state index in [0.717, 1.165) is 5.56 Å². The van der Waals surface area contributed by atoms with Gasteiger partial charge in [-0.05, 0) is 51.1 Å². The number of hydrogen-bond donors (Lipinski definition) is 2. The highest BCUT2D eigenvalue weighted by Crippen LogP contribution is 2.24. The molecule has 0 saturated heterocycles. The minimum Gasteiger partial charge on any atom is -0.493 e. The SMILES string of the molecule is CCOc1ccccc1C=CC(=O)Nc1cc(C(=O)NC(C)C)ccc1Cl. The average Bonchev–Trinajstić information content (AvgIpc) is 2.62. The molecule has 0 aliphatic rings. The third-order valence-corrected chi connectivity index (χ3v) is 3.87. The summed E-state index contributed by atoms with van der Waals surface area (Å²) in [6, 6.07) is 12.2. The van der Waals surface area contributed by atoms with Crippen LogP contribution in [0.2, 0.25) is 5.02 Å². The van der Waals surface area contributed by atoms with Gasteiger partial charge in [-0.15, -0.1) is 0 Å². The van der Waals surface area contributed by atoms with Gasteiger partial charge in [0.15, 0.2) is 0 Å². The molecule has 0 radical (unpaired) electrons. The molecule has 2 amide bonds. The van der Waals surface area contributed by atoms with Gasteiger partial charge in [-0.25, -0.2) is 0 Å². The molecule has 0 atom stereocenters. The maximum absolute atomic E-state index is 12.3. The molecular weight excluding hydrogens is 364 g/mol. The zero-order valence-corrected chi connectivity index (χ0v) is 16.3. The Balaban J connectivity index is 2.12. The first-order valence-corrected chi connectivity index (χ1v) is 9.09. The molecule has 0 heterocycles. The molecule has 0 aliphatic carbocycles. The van der Waals surface area contributed by atoms with Crippen LogP contribution < -0.4 is 15.4 Å². The summed E-state index contributed by atoms with van der Waals surface area (Å²) in [6.07, 6.45) is 3.07. The van der Waals surface area contributed by atoms with E-state index in [1.54, 1.807) is 24.3 Å². The van der Waals surface area contributed by atoms with Crippen LogP contribution in [-0.2, 0) is 4.79 Å². The Labute approximate surface area is 164 Å². The van der Waals surface area contributed by atoms with Gasteiger partial charge < -0.3 is 15.4 Å². The Morgan fingerprint density at radius 2 is 1.93 bits per heavy atom. The van der Waals surface area contributed by atoms with E-state index in [9.17, 15) is 9.59 Å². The van der Waals surface area contributed by atoms with E-state index < -0.39 is 0 Å². The number of benzene rings is 2. The summed E-state index contributed by atoms with van der Waals surface area (Å²) < 4.78 is 5.53. The van der Waals surface area contributed by atoms with Gasteiger partial charge in [-0.1, -0.05) is 29.8 Å². The summed E-state index contributed by atoms with van der Waals surface area (Å²) in [6.45, 7) is 6.19. The summed E-state index contributed by atoms with van der Waals surface area (Å²) in [5.41, 5.74) is 1.60. The Kier molecular flexibility index (Phi) is 7.44. The van der Waals surface area contributed by atoms with E-state index in [-0.39, 0.29) is 17.9 Å². The van der Waals surface area contributed by atoms with E-state index >= 15 is 0 Å². The van der Waals surface area contributed by atoms with Crippen LogP contribution in [0.1, 0.15) is 36.7 Å². The summed E-state index contributed by atoms with van der Waals surface area (Å²) in [4.78, 5) is 24.4. The Hall–Kier alpha value is -2.79. The summed E-state index contributed by atoms with van der Waals surface area (Å²) >= 11 is 6.14. The monoisotopic (exact) mass is 386 g/mol. The van der Waals surface area contributed by atoms with Gasteiger partial charge in [0.2, 0.25) is 5.91 Å². The number of rotatable bonds is 7. The number of para-hydroxylation sites is 1. The third kappa shape index (κ3) is 6.15. The van der Waals surface area contributed by atoms with Crippen LogP contribution in [0.5, 0.6) is 5.75 Å². The number of ether oxygens (including phenoxy) is 1. The molecule has 2 rings (SSSR count). The zero-order chi connectivity index (χ0) is 19.8. The van der Waals surface area contributed by atoms with Crippen LogP contribution in [0, 0.1) is 0 Å². The molecule has 27 heavy (non-hydrogen) atoms. The first-order valence-electron chi connectivity index (χ1n) is 8.72. The number of nitrogens with one attached hydrogen (secondary N) is 2. The molecule has 0 aliphatic heterocycles. The topological polar surface area (TPSA) is 67.4 Å². The van der Waals surface area contributed by atoms with Crippen LogP contribution >= 0.6 is 11.6 Å². The van der Waals surface area contributed by atoms with Crippen molar-refractivity contribution in [3.63, 3.8) is 0 Å². The van der Waals surface area contributed by atoms with E-state index in [4.69, 9.17) is 16.3 Å². The second kappa shape index (κ2) is 9.78. The molecule has 0 aromatic heterocycles. The van der Waals surface area contributed by atoms with Crippen molar-refractivity contribution in [1.82, 2.24) is 5.32 Å². The minimum atomic E-state index is -0.357. The van der Waals surface area contributed by atoms with Crippen molar-refractivity contribution in [2.24, 2.45) is 0 Å². The molecular formula is C21H23ClN2O3. The molecule has 0 spiro atoms. The molecule has 5 nitrogen and oxygen atoms in total. The first kappa shape index (κ1) is 20.5. The van der Waals surface area contributed by atoms with E-state index in [1.807, 2.05) is 45.0 Å². The lowest BCUT2D eigenvalue weighted by atomic mass is 10.1. The number of carbonyl (C=O) groups excluding carboxylic acids is 2. The number of anilines is 1. The van der Waals surface area contributed by atoms with Crippen LogP contribution in [0.25, 0.3) is 6.08 Å². The standard InChI is InChI=1S/C21H23ClN2O3/c1-4-27-19-8-6-5-7-15(19)10-12-20(25)24-18-13-16(9-11-17(18)22)21(26)23-14(2)3/h5-14H,4H2,1-3H3,(H,23,26)(H,24,25). The van der Waals surface area contributed by atoms with Gasteiger partial charge in [0.25, 0.3) is 5.91 Å². The number of amides is 2. The smallest absolute Gasteiger partial charge is 0.251 e. The van der Waals surface area contributed by atoms with Crippen LogP contribution in [0.15, 0.2) is 48.5 Å². The van der Waals surface area contributed by atoms with Gasteiger partial charge in [0, 0.05) is 23.2 Å². The van der Waals surface area contributed by atoms with Crippen molar-refractivity contribution in [2.75, 3.05) is 11.9 Å². The molecule has 0 bridgehead atoms. The molecule has 142 valence electrons. The zero-order valence-electron chi connectivity index (χ0n) is 15.6. The average molecular weight is 387 g/mol. The van der Waals surface area contributed by atoms with Crippen molar-refractivity contribution < 1.29 is 14.3 Å². The van der Waals surface area contributed by atoms with Crippen LogP contribution in [0.4, 0.5) is 5.69 Å². The fourth-order valence-corrected chi connectivity index (χ4v) is 2.52. The molecule has 2 aromatic rings. The second-order valence-electron chi connectivity index (χ2n) is 6.12. The fraction of sp³-hybridized carbons (Fsp3) is 0.238. The number of carbonyl (C=O) groups is 2. The van der Waals surface area contributed by atoms with E-state index in [2.05, 4.69) is 10.6 Å². The Morgan fingerprint density at radius 1 is 1.19 bits per heavy atom. The molecule has 0 unspecified atom stereocenters. The van der Waals surface area contributed by atoms with Gasteiger partial charge in [-0.2, -0.15) is 0 Å². The van der Waals surface area contributed by atoms with Crippen molar-refractivity contribution in [3.8, 4) is 5.75 Å². The van der Waals surface area contributed by atoms with E-state index in [0.29, 0.717) is 28.6 Å². The minimum absolute atomic E-state index is 0.0135. The largest absolute Gasteiger partial charge is 0.493 e. The Bertz CT molecular complexity index is 847. The maximum atomic E-state index is 12.3. The lowest BCUT2D eigenvalue weighted by Crippen LogP contribution is -2.30. The molecule has 6 heteroatoms. The molecule has 2 N–H and O–H groups in total. The van der Waals surface area contributed by atoms with Crippen molar-refractivity contribution in [3.05, 3.63) is 64.7 Å². The normalized spacial score (nSPS) is 10.9. The van der Waals surface area contributed by atoms with Crippen molar-refractivity contribution >= 4 is 35.2 Å². The lowest BCUT2D eigenvalue weighted by Gasteiger charge is -2.11. The summed E-state index contributed by atoms with van der Waals surface area (Å²) in [7, 11) is 0. The predicted molar refractivity (Wildman–Crippen MR) is 109 cm³/mol. The van der Waals surface area contributed by atoms with Gasteiger partial charge in [0.05, 0.1) is 17.3 Å². The first-order chi connectivity index (χ1) is 12.9. The highest BCUT2D eigenvalue weighted by atomic mass is 35.5. The van der Waals surface area contributed by atoms with Crippen LogP contribution in [-0.4, -0.2) is 24.5 Å². The number of hydrogen-bond acceptors (Lipinski definition) is 3. The lowest BCUT2D eigenvalue weighted by molar-refractivity contribution is -0.111. The quantitative estimate of drug-likeness (QED) is 0.687. The Morgan fingerprint density at radius 3 is 2.63 bits per heavy atom. The number of halogens is 1. The van der Waals surface area contributed by atoms with Gasteiger partial charge in [0.1, 0.15) is 5.75 Å². The predicted octanol–water partition coefficient (Wildman–Crippen LogP) is 4.53. The maximum Gasteiger partial charge on any atom is 0.251 e. The molecule has 0 fully saturated rings. The van der Waals surface area contributed by atoms with Crippen molar-refractivity contribution in [1.29, 1.82) is 0 Å². The van der Waals surface area contributed by atoms with Gasteiger partial charge >= 0.3 is 0 Å². The summed E-state index contributed by atoms with van der Waals surface area (Å²) in [5.74, 6) is 0.123. The highest BCUT2D eigenvalue weighted by molar-refractivity contribution is 6.34. The highest BCUT2D eigenvalue weighted by Gasteiger charge is 2.11. The van der Waals surface area contributed by atoms with Gasteiger partial charge in [-0.3, -0.25) is 9.59 Å². The fourth-order valence-electron chi connectivity index (χ4n) is 2.35. The van der Waals surface area contributed by atoms with Crippen LogP contribution in [0.3, 0.4) is 0 Å². The van der Waals surface area contributed by atoms with E-state index in [1.165, 1.54) is 6.08 Å².